The summed E-state index contributed by atoms with van der Waals surface area (Å²) in [4.78, 5) is 9.96. The number of hydrogen-bond donors (Lipinski definition) is 1. The van der Waals surface area contributed by atoms with Gasteiger partial charge < -0.3 is 9.47 Å². The van der Waals surface area contributed by atoms with Gasteiger partial charge in [0, 0.05) is 6.54 Å². The van der Waals surface area contributed by atoms with Gasteiger partial charge >= 0.3 is 0 Å². The van der Waals surface area contributed by atoms with E-state index in [1.54, 1.807) is 6.92 Å². The van der Waals surface area contributed by atoms with Crippen molar-refractivity contribution in [3.05, 3.63) is 0 Å². The van der Waals surface area contributed by atoms with Crippen molar-refractivity contribution < 1.29 is 14.3 Å². The number of nitrogens with one attached hydrogen (secondary N) is 1. The van der Waals surface area contributed by atoms with Gasteiger partial charge in [0.2, 0.25) is 0 Å². The molecule has 0 spiro atoms. The van der Waals surface area contributed by atoms with Crippen LogP contribution >= 0.6 is 12.4 Å². The van der Waals surface area contributed by atoms with Gasteiger partial charge in [-0.25, -0.2) is 0 Å². The van der Waals surface area contributed by atoms with E-state index < -0.39 is 5.72 Å². The fourth-order valence-corrected chi connectivity index (χ4v) is 0.887. The molecule has 0 saturated carbocycles. The van der Waals surface area contributed by atoms with Crippen molar-refractivity contribution in [2.24, 2.45) is 0 Å². The quantitative estimate of drug-likeness (QED) is 0.606. The maximum Gasteiger partial charge on any atom is 0.294 e. The number of hydrogen-bond acceptors (Lipinski definition) is 4. The number of ether oxygens (including phenoxy) is 2. The Hall–Kier alpha value is -0.320. The fraction of sp³-hybridized carbons (Fsp3) is 0.833. The molecular weight excluding hydrogens is 170 g/mol. The van der Waals surface area contributed by atoms with Gasteiger partial charge in [0.05, 0.1) is 6.61 Å². The van der Waals surface area contributed by atoms with Crippen LogP contribution in [0.4, 0.5) is 0 Å². The Morgan fingerprint density at radius 1 is 1.73 bits per heavy atom. The van der Waals surface area contributed by atoms with E-state index in [2.05, 4.69) is 5.32 Å². The van der Waals surface area contributed by atoms with E-state index in [1.165, 1.54) is 0 Å². The molecule has 0 radical (unpaired) electrons. The molecule has 0 aromatic heterocycles. The largest absolute Gasteiger partial charge is 0.444 e. The van der Waals surface area contributed by atoms with Crippen LogP contribution in [0, 0.1) is 0 Å². The first-order valence-electron chi connectivity index (χ1n) is 3.21. The lowest BCUT2D eigenvalue weighted by Crippen LogP contribution is -2.53. The Kier molecular flexibility index (Phi) is 4.40. The molecule has 0 amide bonds. The summed E-state index contributed by atoms with van der Waals surface area (Å²) in [6.07, 6.45) is 0. The molecule has 1 fully saturated rings. The van der Waals surface area contributed by atoms with Gasteiger partial charge in [-0.1, -0.05) is 0 Å². The summed E-state index contributed by atoms with van der Waals surface area (Å²) in [5.74, 6) is 0. The lowest BCUT2D eigenvalue weighted by molar-refractivity contribution is -0.159. The molecule has 1 aliphatic heterocycles. The van der Waals surface area contributed by atoms with Gasteiger partial charge in [0.25, 0.3) is 6.47 Å². The number of rotatable bonds is 2. The molecule has 1 atom stereocenters. The molecule has 1 rings (SSSR count). The monoisotopic (exact) mass is 181 g/mol. The normalized spacial score (nSPS) is 30.3. The zero-order valence-corrected chi connectivity index (χ0v) is 7.15. The zero-order valence-electron chi connectivity index (χ0n) is 6.33. The highest BCUT2D eigenvalue weighted by molar-refractivity contribution is 5.85. The first kappa shape index (κ1) is 10.7. The summed E-state index contributed by atoms with van der Waals surface area (Å²) in [6.45, 7) is 4.04. The molecule has 0 aliphatic carbocycles. The smallest absolute Gasteiger partial charge is 0.294 e. The first-order valence-corrected chi connectivity index (χ1v) is 3.21. The van der Waals surface area contributed by atoms with Crippen molar-refractivity contribution in [3.63, 3.8) is 0 Å². The second-order valence-electron chi connectivity index (χ2n) is 2.42. The Morgan fingerprint density at radius 2 is 2.45 bits per heavy atom. The SMILES string of the molecule is CC1(OC=O)COCCN1.Cl. The molecule has 0 aromatic carbocycles. The molecule has 11 heavy (non-hydrogen) atoms. The minimum Gasteiger partial charge on any atom is -0.444 e. The summed E-state index contributed by atoms with van der Waals surface area (Å²) in [7, 11) is 0. The average Bonchev–Trinajstić information content (AvgIpc) is 1.89. The van der Waals surface area contributed by atoms with Crippen molar-refractivity contribution in [1.29, 1.82) is 0 Å². The number of carbonyl (C=O) groups is 1. The minimum atomic E-state index is -0.611. The van der Waals surface area contributed by atoms with Crippen LogP contribution in [-0.2, 0) is 14.3 Å². The van der Waals surface area contributed by atoms with E-state index >= 15 is 0 Å². The van der Waals surface area contributed by atoms with Crippen LogP contribution in [0.2, 0.25) is 0 Å². The second kappa shape index (κ2) is 4.54. The molecule has 1 unspecified atom stereocenters. The Morgan fingerprint density at radius 3 is 2.91 bits per heavy atom. The van der Waals surface area contributed by atoms with E-state index in [0.717, 1.165) is 6.54 Å². The maximum atomic E-state index is 9.96. The highest BCUT2D eigenvalue weighted by atomic mass is 35.5. The van der Waals surface area contributed by atoms with E-state index in [4.69, 9.17) is 9.47 Å². The van der Waals surface area contributed by atoms with Crippen LogP contribution in [0.25, 0.3) is 0 Å². The van der Waals surface area contributed by atoms with E-state index in [0.29, 0.717) is 19.7 Å². The molecule has 0 aromatic rings. The van der Waals surface area contributed by atoms with Gasteiger partial charge in [-0.2, -0.15) is 0 Å². The summed E-state index contributed by atoms with van der Waals surface area (Å²) < 4.78 is 9.84. The molecule has 4 nitrogen and oxygen atoms in total. The standard InChI is InChI=1S/C6H11NO3.ClH/c1-6(10-5-8)4-9-3-2-7-6;/h5,7H,2-4H2,1H3;1H. The van der Waals surface area contributed by atoms with Crippen molar-refractivity contribution in [2.45, 2.75) is 12.6 Å². The molecule has 1 aliphatic rings. The van der Waals surface area contributed by atoms with Crippen molar-refractivity contribution in [3.8, 4) is 0 Å². The fourth-order valence-electron chi connectivity index (χ4n) is 0.887. The maximum absolute atomic E-state index is 9.96. The van der Waals surface area contributed by atoms with Crippen LogP contribution in [0.1, 0.15) is 6.92 Å². The average molecular weight is 182 g/mol. The Labute approximate surface area is 71.6 Å². The van der Waals surface area contributed by atoms with E-state index in [9.17, 15) is 4.79 Å². The van der Waals surface area contributed by atoms with E-state index in [-0.39, 0.29) is 12.4 Å². The van der Waals surface area contributed by atoms with Crippen molar-refractivity contribution in [1.82, 2.24) is 5.32 Å². The third kappa shape index (κ3) is 3.05. The third-order valence-corrected chi connectivity index (χ3v) is 1.43. The van der Waals surface area contributed by atoms with Crippen LogP contribution in [-0.4, -0.2) is 32.0 Å². The predicted octanol–water partition coefficient (Wildman–Crippen LogP) is -0.0828. The Balaban J connectivity index is 0.000001000. The molecule has 1 heterocycles. The highest BCUT2D eigenvalue weighted by Crippen LogP contribution is 2.07. The second-order valence-corrected chi connectivity index (χ2v) is 2.42. The molecule has 66 valence electrons. The molecule has 5 heteroatoms. The lowest BCUT2D eigenvalue weighted by Gasteiger charge is -2.32. The minimum absolute atomic E-state index is 0. The number of carbonyl (C=O) groups excluding carboxylic acids is 1. The summed E-state index contributed by atoms with van der Waals surface area (Å²) >= 11 is 0. The van der Waals surface area contributed by atoms with Crippen LogP contribution < -0.4 is 5.32 Å². The highest BCUT2D eigenvalue weighted by Gasteiger charge is 2.27. The van der Waals surface area contributed by atoms with Gasteiger partial charge in [-0.3, -0.25) is 10.1 Å². The lowest BCUT2D eigenvalue weighted by atomic mass is 10.2. The van der Waals surface area contributed by atoms with Crippen molar-refractivity contribution >= 4 is 18.9 Å². The zero-order chi connectivity index (χ0) is 7.45. The van der Waals surface area contributed by atoms with Crippen LogP contribution in [0.3, 0.4) is 0 Å². The van der Waals surface area contributed by atoms with Gasteiger partial charge in [0.1, 0.15) is 6.61 Å². The summed E-state index contributed by atoms with van der Waals surface area (Å²) in [6, 6.07) is 0. The molecular formula is C6H12ClNO3. The van der Waals surface area contributed by atoms with Gasteiger partial charge in [0.15, 0.2) is 5.72 Å². The summed E-state index contributed by atoms with van der Waals surface area (Å²) in [5, 5.41) is 3.02. The van der Waals surface area contributed by atoms with E-state index in [1.807, 2.05) is 0 Å². The first-order chi connectivity index (χ1) is 4.77. The Bertz CT molecular complexity index is 125. The molecule has 1 saturated heterocycles. The number of morpholine rings is 1. The third-order valence-electron chi connectivity index (χ3n) is 1.43. The van der Waals surface area contributed by atoms with Gasteiger partial charge in [-0.05, 0) is 6.92 Å². The predicted molar refractivity (Wildman–Crippen MR) is 41.6 cm³/mol. The van der Waals surface area contributed by atoms with Crippen LogP contribution in [0.15, 0.2) is 0 Å². The molecule has 0 bridgehead atoms. The molecule has 1 N–H and O–H groups in total. The van der Waals surface area contributed by atoms with Gasteiger partial charge in [-0.15, -0.1) is 12.4 Å². The van der Waals surface area contributed by atoms with Crippen LogP contribution in [0.5, 0.6) is 0 Å². The van der Waals surface area contributed by atoms with Crippen molar-refractivity contribution in [2.75, 3.05) is 19.8 Å². The summed E-state index contributed by atoms with van der Waals surface area (Å²) in [5.41, 5.74) is -0.611. The topological polar surface area (TPSA) is 47.6 Å². The number of halogens is 1.